The van der Waals surface area contributed by atoms with Gasteiger partial charge in [0.25, 0.3) is 0 Å². The highest BCUT2D eigenvalue weighted by atomic mass is 16.2. The number of nitrogens with one attached hydrogen (secondary N) is 2. The predicted octanol–water partition coefficient (Wildman–Crippen LogP) is 0.392. The summed E-state index contributed by atoms with van der Waals surface area (Å²) in [5.41, 5.74) is 5.51. The van der Waals surface area contributed by atoms with E-state index in [2.05, 4.69) is 10.6 Å². The lowest BCUT2D eigenvalue weighted by atomic mass is 9.87. The van der Waals surface area contributed by atoms with Gasteiger partial charge in [0.2, 0.25) is 11.8 Å². The molecule has 0 radical (unpaired) electrons. The lowest BCUT2D eigenvalue weighted by Gasteiger charge is -2.25. The van der Waals surface area contributed by atoms with Crippen molar-refractivity contribution in [2.24, 2.45) is 11.1 Å². The third-order valence-corrected chi connectivity index (χ3v) is 2.44. The van der Waals surface area contributed by atoms with Gasteiger partial charge in [0.05, 0.1) is 6.04 Å². The molecule has 0 aromatic rings. The molecule has 4 N–H and O–H groups in total. The summed E-state index contributed by atoms with van der Waals surface area (Å²) in [7, 11) is 0. The molecule has 0 aliphatic rings. The van der Waals surface area contributed by atoms with Crippen molar-refractivity contribution in [1.82, 2.24) is 10.6 Å². The molecule has 0 saturated carbocycles. The topological polar surface area (TPSA) is 84.2 Å². The Balaban J connectivity index is 3.82. The maximum Gasteiger partial charge on any atom is 0.237 e. The Bertz CT molecular complexity index is 259. The summed E-state index contributed by atoms with van der Waals surface area (Å²) in [6.07, 6.45) is 1.20. The second kappa shape index (κ2) is 7.27. The van der Waals surface area contributed by atoms with Crippen LogP contribution in [0, 0.1) is 5.41 Å². The van der Waals surface area contributed by atoms with Gasteiger partial charge in [-0.25, -0.2) is 0 Å². The van der Waals surface area contributed by atoms with E-state index in [1.54, 1.807) is 0 Å². The summed E-state index contributed by atoms with van der Waals surface area (Å²) in [4.78, 5) is 22.9. The lowest BCUT2D eigenvalue weighted by Crippen LogP contribution is -2.49. The van der Waals surface area contributed by atoms with Crippen molar-refractivity contribution in [1.29, 1.82) is 0 Å². The van der Waals surface area contributed by atoms with E-state index in [0.29, 0.717) is 19.5 Å². The van der Waals surface area contributed by atoms with E-state index >= 15 is 0 Å². The molecule has 0 aromatic heterocycles. The van der Waals surface area contributed by atoms with Crippen LogP contribution < -0.4 is 16.4 Å². The van der Waals surface area contributed by atoms with Crippen molar-refractivity contribution in [3.05, 3.63) is 0 Å². The Morgan fingerprint density at radius 1 is 1.18 bits per heavy atom. The first-order valence-corrected chi connectivity index (χ1v) is 6.09. The van der Waals surface area contributed by atoms with E-state index in [1.165, 1.54) is 0 Å². The molecule has 0 aliphatic carbocycles. The van der Waals surface area contributed by atoms with Crippen molar-refractivity contribution in [2.75, 3.05) is 13.1 Å². The van der Waals surface area contributed by atoms with Gasteiger partial charge in [0.1, 0.15) is 0 Å². The quantitative estimate of drug-likeness (QED) is 0.631. The van der Waals surface area contributed by atoms with Crippen LogP contribution in [0.2, 0.25) is 0 Å². The molecule has 0 fully saturated rings. The normalized spacial score (nSPS) is 13.0. The van der Waals surface area contributed by atoms with Crippen molar-refractivity contribution >= 4 is 11.8 Å². The Labute approximate surface area is 104 Å². The largest absolute Gasteiger partial charge is 0.356 e. The van der Waals surface area contributed by atoms with Crippen LogP contribution in [0.3, 0.4) is 0 Å². The Morgan fingerprint density at radius 3 is 2.24 bits per heavy atom. The highest BCUT2D eigenvalue weighted by Crippen LogP contribution is 2.16. The second-order valence-electron chi connectivity index (χ2n) is 5.23. The highest BCUT2D eigenvalue weighted by Gasteiger charge is 2.26. The summed E-state index contributed by atoms with van der Waals surface area (Å²) in [6, 6.07) is -0.554. The minimum absolute atomic E-state index is 0.0449. The predicted molar refractivity (Wildman–Crippen MR) is 68.4 cm³/mol. The summed E-state index contributed by atoms with van der Waals surface area (Å²) in [6.45, 7) is 8.72. The molecule has 0 unspecified atom stereocenters. The fourth-order valence-electron chi connectivity index (χ4n) is 1.16. The van der Waals surface area contributed by atoms with Crippen LogP contribution in [-0.2, 0) is 9.59 Å². The van der Waals surface area contributed by atoms with Crippen molar-refractivity contribution in [3.63, 3.8) is 0 Å². The van der Waals surface area contributed by atoms with Gasteiger partial charge >= 0.3 is 0 Å². The fraction of sp³-hybridized carbons (Fsp3) is 0.833. The molecule has 5 nitrogen and oxygen atoms in total. The van der Waals surface area contributed by atoms with Gasteiger partial charge in [-0.3, -0.25) is 9.59 Å². The van der Waals surface area contributed by atoms with Crippen LogP contribution in [-0.4, -0.2) is 30.9 Å². The summed E-state index contributed by atoms with van der Waals surface area (Å²) >= 11 is 0. The average molecular weight is 243 g/mol. The minimum Gasteiger partial charge on any atom is -0.356 e. The zero-order chi connectivity index (χ0) is 13.5. The molecule has 0 saturated heterocycles. The number of nitrogens with two attached hydrogens (primary N) is 1. The smallest absolute Gasteiger partial charge is 0.237 e. The third kappa shape index (κ3) is 6.94. The Morgan fingerprint density at radius 2 is 1.76 bits per heavy atom. The van der Waals surface area contributed by atoms with Crippen LogP contribution in [0.4, 0.5) is 0 Å². The standard InChI is InChI=1S/C12H25N3O2/c1-5-7-14-9(16)6-8-15-11(17)10(13)12(2,3)4/h10H,5-8,13H2,1-4H3,(H,14,16)(H,15,17)/t10-/m1/s1. The van der Waals surface area contributed by atoms with Crippen molar-refractivity contribution in [2.45, 2.75) is 46.6 Å². The van der Waals surface area contributed by atoms with Gasteiger partial charge in [-0.2, -0.15) is 0 Å². The SMILES string of the molecule is CCCNC(=O)CCNC(=O)[C@@H](N)C(C)(C)C. The molecule has 0 bridgehead atoms. The van der Waals surface area contributed by atoms with Gasteiger partial charge in [-0.05, 0) is 11.8 Å². The van der Waals surface area contributed by atoms with E-state index < -0.39 is 6.04 Å². The number of amides is 2. The molecule has 0 aliphatic heterocycles. The van der Waals surface area contributed by atoms with Gasteiger partial charge in [0, 0.05) is 19.5 Å². The number of carbonyl (C=O) groups excluding carboxylic acids is 2. The van der Waals surface area contributed by atoms with Crippen LogP contribution in [0.15, 0.2) is 0 Å². The molecule has 17 heavy (non-hydrogen) atoms. The van der Waals surface area contributed by atoms with Crippen LogP contribution in [0.1, 0.15) is 40.5 Å². The van der Waals surface area contributed by atoms with Crippen molar-refractivity contribution < 1.29 is 9.59 Å². The first kappa shape index (κ1) is 15.9. The molecule has 0 heterocycles. The van der Waals surface area contributed by atoms with Gasteiger partial charge in [-0.1, -0.05) is 27.7 Å². The van der Waals surface area contributed by atoms with Crippen LogP contribution in [0.5, 0.6) is 0 Å². The third-order valence-electron chi connectivity index (χ3n) is 2.44. The van der Waals surface area contributed by atoms with E-state index in [9.17, 15) is 9.59 Å². The minimum atomic E-state index is -0.554. The number of rotatable bonds is 6. The molecule has 100 valence electrons. The molecular weight excluding hydrogens is 218 g/mol. The zero-order valence-corrected chi connectivity index (χ0v) is 11.3. The van der Waals surface area contributed by atoms with Gasteiger partial charge < -0.3 is 16.4 Å². The molecule has 0 aromatic carbocycles. The number of carbonyl (C=O) groups is 2. The number of hydrogen-bond acceptors (Lipinski definition) is 3. The van der Waals surface area contributed by atoms with E-state index in [4.69, 9.17) is 5.73 Å². The second-order valence-corrected chi connectivity index (χ2v) is 5.23. The first-order chi connectivity index (χ1) is 7.79. The fourth-order valence-corrected chi connectivity index (χ4v) is 1.16. The molecule has 0 spiro atoms. The molecule has 2 amide bonds. The van der Waals surface area contributed by atoms with Crippen molar-refractivity contribution in [3.8, 4) is 0 Å². The maximum atomic E-state index is 11.6. The molecule has 5 heteroatoms. The monoisotopic (exact) mass is 243 g/mol. The summed E-state index contributed by atoms with van der Waals surface area (Å²) < 4.78 is 0. The summed E-state index contributed by atoms with van der Waals surface area (Å²) in [5, 5.41) is 5.42. The Kier molecular flexibility index (Phi) is 6.80. The molecule has 0 rings (SSSR count). The zero-order valence-electron chi connectivity index (χ0n) is 11.3. The molecular formula is C12H25N3O2. The maximum absolute atomic E-state index is 11.6. The number of hydrogen-bond donors (Lipinski definition) is 3. The van der Waals surface area contributed by atoms with E-state index in [1.807, 2.05) is 27.7 Å². The highest BCUT2D eigenvalue weighted by molar-refractivity contribution is 5.83. The summed E-state index contributed by atoms with van der Waals surface area (Å²) in [5.74, 6) is -0.253. The van der Waals surface area contributed by atoms with E-state index in [0.717, 1.165) is 6.42 Å². The first-order valence-electron chi connectivity index (χ1n) is 6.09. The van der Waals surface area contributed by atoms with Crippen LogP contribution in [0.25, 0.3) is 0 Å². The lowest BCUT2D eigenvalue weighted by molar-refractivity contribution is -0.124. The van der Waals surface area contributed by atoms with Gasteiger partial charge in [-0.15, -0.1) is 0 Å². The van der Waals surface area contributed by atoms with Gasteiger partial charge in [0.15, 0.2) is 0 Å². The Hall–Kier alpha value is -1.10. The molecule has 1 atom stereocenters. The van der Waals surface area contributed by atoms with Crippen LogP contribution >= 0.6 is 0 Å². The van der Waals surface area contributed by atoms with E-state index in [-0.39, 0.29) is 17.2 Å². The average Bonchev–Trinajstić information content (AvgIpc) is 2.23.